The van der Waals surface area contributed by atoms with E-state index in [1.807, 2.05) is 32.0 Å². The predicted octanol–water partition coefficient (Wildman–Crippen LogP) is 3.23. The van der Waals surface area contributed by atoms with Crippen LogP contribution in [0.25, 0.3) is 11.0 Å². The van der Waals surface area contributed by atoms with E-state index >= 15 is 0 Å². The van der Waals surface area contributed by atoms with E-state index in [2.05, 4.69) is 24.4 Å². The molecule has 4 heteroatoms. The first-order valence-corrected chi connectivity index (χ1v) is 7.06. The van der Waals surface area contributed by atoms with Crippen molar-refractivity contribution in [3.05, 3.63) is 36.1 Å². The third-order valence-electron chi connectivity index (χ3n) is 3.62. The highest BCUT2D eigenvalue weighted by Crippen LogP contribution is 2.25. The Morgan fingerprint density at radius 2 is 1.90 bits per heavy atom. The van der Waals surface area contributed by atoms with Crippen molar-refractivity contribution in [2.75, 3.05) is 13.2 Å². The number of ether oxygens (including phenoxy) is 2. The van der Waals surface area contributed by atoms with Gasteiger partial charge in [0.1, 0.15) is 11.3 Å². The van der Waals surface area contributed by atoms with Gasteiger partial charge < -0.3 is 19.2 Å². The highest BCUT2D eigenvalue weighted by molar-refractivity contribution is 5.77. The van der Waals surface area contributed by atoms with Crippen molar-refractivity contribution in [1.82, 2.24) is 5.32 Å². The summed E-state index contributed by atoms with van der Waals surface area (Å²) in [5, 5.41) is 4.62. The van der Waals surface area contributed by atoms with Crippen LogP contribution >= 0.6 is 0 Å². The second kappa shape index (κ2) is 5.20. The van der Waals surface area contributed by atoms with Gasteiger partial charge in [0.25, 0.3) is 0 Å². The van der Waals surface area contributed by atoms with E-state index in [0.29, 0.717) is 13.2 Å². The lowest BCUT2D eigenvalue weighted by Gasteiger charge is -2.36. The first-order chi connectivity index (χ1) is 9.53. The minimum absolute atomic E-state index is 0.126. The topological polar surface area (TPSA) is 43.6 Å². The lowest BCUT2D eigenvalue weighted by molar-refractivity contribution is -0.253. The van der Waals surface area contributed by atoms with Crippen LogP contribution in [0.15, 0.2) is 34.7 Å². The molecule has 2 aromatic rings. The molecule has 20 heavy (non-hydrogen) atoms. The van der Waals surface area contributed by atoms with E-state index < -0.39 is 5.79 Å². The summed E-state index contributed by atoms with van der Waals surface area (Å²) in [5.74, 6) is 0.469. The van der Waals surface area contributed by atoms with Gasteiger partial charge in [-0.05, 0) is 32.9 Å². The molecule has 1 fully saturated rings. The second-order valence-corrected chi connectivity index (χ2v) is 5.79. The molecule has 1 aromatic carbocycles. The zero-order valence-electron chi connectivity index (χ0n) is 12.2. The van der Waals surface area contributed by atoms with Gasteiger partial charge in [-0.3, -0.25) is 0 Å². The molecule has 0 bridgehead atoms. The number of hydrogen-bond donors (Lipinski definition) is 1. The molecule has 0 saturated carbocycles. The number of para-hydroxylation sites is 1. The minimum atomic E-state index is -0.471. The normalized spacial score (nSPS) is 21.1. The molecule has 0 aliphatic carbocycles. The van der Waals surface area contributed by atoms with Gasteiger partial charge in [0.05, 0.1) is 25.3 Å². The van der Waals surface area contributed by atoms with Crippen LogP contribution in [-0.4, -0.2) is 25.0 Å². The quantitative estimate of drug-likeness (QED) is 0.934. The largest absolute Gasteiger partial charge is 0.459 e. The molecule has 1 saturated heterocycles. The highest BCUT2D eigenvalue weighted by Gasteiger charge is 2.29. The van der Waals surface area contributed by atoms with E-state index in [1.165, 1.54) is 0 Å². The number of benzene rings is 1. The molecular formula is C16H21NO3. The maximum Gasteiger partial charge on any atom is 0.162 e. The number of fused-ring (bicyclic) bond motifs is 1. The molecule has 1 unspecified atom stereocenters. The zero-order valence-corrected chi connectivity index (χ0v) is 12.2. The standard InChI is InChI=1S/C16H21NO3/c1-11(17-13-9-18-16(2,3)19-10-13)15-8-12-6-4-5-7-14(12)20-15/h4-8,11,13,17H,9-10H2,1-3H3. The van der Waals surface area contributed by atoms with E-state index in [0.717, 1.165) is 16.7 Å². The summed E-state index contributed by atoms with van der Waals surface area (Å²) in [6, 6.07) is 10.4. The third kappa shape index (κ3) is 2.87. The van der Waals surface area contributed by atoms with Crippen LogP contribution in [0.5, 0.6) is 0 Å². The van der Waals surface area contributed by atoms with Gasteiger partial charge in [0.15, 0.2) is 5.79 Å². The SMILES string of the molecule is CC(NC1COC(C)(C)OC1)c1cc2ccccc2o1. The number of nitrogens with one attached hydrogen (secondary N) is 1. The predicted molar refractivity (Wildman–Crippen MR) is 77.5 cm³/mol. The van der Waals surface area contributed by atoms with Gasteiger partial charge in [-0.2, -0.15) is 0 Å². The molecule has 0 radical (unpaired) electrons. The average molecular weight is 275 g/mol. The van der Waals surface area contributed by atoms with Crippen LogP contribution in [0, 0.1) is 0 Å². The Bertz CT molecular complexity index is 547. The molecule has 1 aliphatic heterocycles. The van der Waals surface area contributed by atoms with Gasteiger partial charge in [-0.1, -0.05) is 18.2 Å². The molecule has 108 valence electrons. The van der Waals surface area contributed by atoms with Crippen LogP contribution in [-0.2, 0) is 9.47 Å². The van der Waals surface area contributed by atoms with E-state index in [1.54, 1.807) is 0 Å². The molecule has 0 amide bonds. The lowest BCUT2D eigenvalue weighted by Crippen LogP contribution is -2.49. The van der Waals surface area contributed by atoms with Crippen LogP contribution in [0.3, 0.4) is 0 Å². The lowest BCUT2D eigenvalue weighted by atomic mass is 10.2. The molecule has 0 spiro atoms. The molecule has 4 nitrogen and oxygen atoms in total. The Kier molecular flexibility index (Phi) is 3.54. The van der Waals surface area contributed by atoms with Crippen LogP contribution in [0.1, 0.15) is 32.6 Å². The monoisotopic (exact) mass is 275 g/mol. The van der Waals surface area contributed by atoms with Crippen LogP contribution < -0.4 is 5.32 Å². The number of hydrogen-bond acceptors (Lipinski definition) is 4. The first kappa shape index (κ1) is 13.6. The van der Waals surface area contributed by atoms with E-state index in [-0.39, 0.29) is 12.1 Å². The zero-order chi connectivity index (χ0) is 14.2. The fraction of sp³-hybridized carbons (Fsp3) is 0.500. The van der Waals surface area contributed by atoms with Crippen molar-refractivity contribution in [2.45, 2.75) is 38.6 Å². The number of furan rings is 1. The van der Waals surface area contributed by atoms with Crippen LogP contribution in [0.2, 0.25) is 0 Å². The molecular weight excluding hydrogens is 254 g/mol. The van der Waals surface area contributed by atoms with Crippen molar-refractivity contribution in [1.29, 1.82) is 0 Å². The molecule has 1 atom stereocenters. The Labute approximate surface area is 119 Å². The molecule has 1 aromatic heterocycles. The van der Waals surface area contributed by atoms with Crippen molar-refractivity contribution < 1.29 is 13.9 Å². The first-order valence-electron chi connectivity index (χ1n) is 7.06. The summed E-state index contributed by atoms with van der Waals surface area (Å²) in [4.78, 5) is 0. The molecule has 3 rings (SSSR count). The third-order valence-corrected chi connectivity index (χ3v) is 3.62. The maximum atomic E-state index is 5.87. The van der Waals surface area contributed by atoms with Crippen molar-refractivity contribution in [3.8, 4) is 0 Å². The molecule has 2 heterocycles. The summed E-state index contributed by atoms with van der Waals surface area (Å²) < 4.78 is 17.2. The summed E-state index contributed by atoms with van der Waals surface area (Å²) in [7, 11) is 0. The number of rotatable bonds is 3. The Morgan fingerprint density at radius 3 is 2.60 bits per heavy atom. The minimum Gasteiger partial charge on any atom is -0.459 e. The van der Waals surface area contributed by atoms with Gasteiger partial charge >= 0.3 is 0 Å². The Balaban J connectivity index is 1.66. The summed E-state index contributed by atoms with van der Waals surface area (Å²) in [6.45, 7) is 7.27. The Hall–Kier alpha value is -1.36. The highest BCUT2D eigenvalue weighted by atomic mass is 16.7. The Morgan fingerprint density at radius 1 is 1.20 bits per heavy atom. The van der Waals surface area contributed by atoms with Crippen molar-refractivity contribution in [2.24, 2.45) is 0 Å². The fourth-order valence-corrected chi connectivity index (χ4v) is 2.44. The summed E-state index contributed by atoms with van der Waals surface area (Å²) in [5.41, 5.74) is 0.924. The van der Waals surface area contributed by atoms with Gasteiger partial charge in [0.2, 0.25) is 0 Å². The smallest absolute Gasteiger partial charge is 0.162 e. The summed E-state index contributed by atoms with van der Waals surface area (Å²) >= 11 is 0. The second-order valence-electron chi connectivity index (χ2n) is 5.79. The average Bonchev–Trinajstić information content (AvgIpc) is 2.85. The molecule has 1 aliphatic rings. The fourth-order valence-electron chi connectivity index (χ4n) is 2.44. The van der Waals surface area contributed by atoms with Gasteiger partial charge in [-0.25, -0.2) is 0 Å². The van der Waals surface area contributed by atoms with Crippen molar-refractivity contribution >= 4 is 11.0 Å². The summed E-state index contributed by atoms with van der Waals surface area (Å²) in [6.07, 6.45) is 0. The van der Waals surface area contributed by atoms with Gasteiger partial charge in [-0.15, -0.1) is 0 Å². The molecule has 1 N–H and O–H groups in total. The van der Waals surface area contributed by atoms with Crippen molar-refractivity contribution in [3.63, 3.8) is 0 Å². The van der Waals surface area contributed by atoms with E-state index in [4.69, 9.17) is 13.9 Å². The van der Waals surface area contributed by atoms with Crippen LogP contribution in [0.4, 0.5) is 0 Å². The van der Waals surface area contributed by atoms with E-state index in [9.17, 15) is 0 Å². The maximum absolute atomic E-state index is 5.87. The van der Waals surface area contributed by atoms with Gasteiger partial charge in [0, 0.05) is 5.39 Å².